The van der Waals surface area contributed by atoms with Crippen LogP contribution in [0.25, 0.3) is 5.69 Å². The largest absolute Gasteiger partial charge is 0.489 e. The second-order valence-corrected chi connectivity index (χ2v) is 7.46. The molecule has 0 unspecified atom stereocenters. The monoisotopic (exact) mass is 392 g/mol. The zero-order chi connectivity index (χ0) is 20.5. The molecule has 0 aliphatic heterocycles. The summed E-state index contributed by atoms with van der Waals surface area (Å²) in [5.74, 6) is 1.33. The van der Waals surface area contributed by atoms with Crippen molar-refractivity contribution in [2.75, 3.05) is 0 Å². The van der Waals surface area contributed by atoms with Gasteiger partial charge in [-0.1, -0.05) is 19.1 Å². The minimum absolute atomic E-state index is 0.114. The quantitative estimate of drug-likeness (QED) is 0.576. The molecule has 1 aliphatic carbocycles. The van der Waals surface area contributed by atoms with Crippen LogP contribution in [0.15, 0.2) is 41.2 Å². The first kappa shape index (κ1) is 19.1. The Labute approximate surface area is 168 Å². The summed E-state index contributed by atoms with van der Waals surface area (Å²) in [6.07, 6.45) is 2.75. The first-order valence-corrected chi connectivity index (χ1v) is 9.87. The van der Waals surface area contributed by atoms with E-state index in [0.29, 0.717) is 30.2 Å². The van der Waals surface area contributed by atoms with Crippen molar-refractivity contribution in [3.63, 3.8) is 0 Å². The van der Waals surface area contributed by atoms with Crippen LogP contribution < -0.4 is 10.4 Å². The smallest absolute Gasteiger partial charge is 0.368 e. The van der Waals surface area contributed by atoms with Crippen molar-refractivity contribution in [2.24, 2.45) is 7.05 Å². The Balaban J connectivity index is 1.67. The molecule has 0 amide bonds. The maximum absolute atomic E-state index is 12.4. The third kappa shape index (κ3) is 3.72. The summed E-state index contributed by atoms with van der Waals surface area (Å²) in [6, 6.07) is 11.4. The maximum atomic E-state index is 12.4. The predicted molar refractivity (Wildman–Crippen MR) is 109 cm³/mol. The van der Waals surface area contributed by atoms with Crippen LogP contribution in [-0.2, 0) is 13.7 Å². The van der Waals surface area contributed by atoms with Gasteiger partial charge in [0.25, 0.3) is 0 Å². The highest BCUT2D eigenvalue weighted by molar-refractivity contribution is 5.96. The molecule has 1 aromatic heterocycles. The van der Waals surface area contributed by atoms with Crippen LogP contribution in [0.1, 0.15) is 59.2 Å². The summed E-state index contributed by atoms with van der Waals surface area (Å²) in [5, 5.41) is 7.84. The molecule has 2 aromatic carbocycles. The highest BCUT2D eigenvalue weighted by atomic mass is 16.5. The van der Waals surface area contributed by atoms with Crippen molar-refractivity contribution in [1.29, 1.82) is 0 Å². The van der Waals surface area contributed by atoms with Gasteiger partial charge in [0.05, 0.1) is 5.69 Å². The molecule has 29 heavy (non-hydrogen) atoms. The molecule has 1 saturated carbocycles. The number of aromatic nitrogens is 4. The standard InChI is InChI=1S/C22H24N4O3/c1-4-20(27)16-10-11-21(14(2)12-16)29-13-18-17(15-8-9-15)6-5-7-19(18)26-22(28)25(3)23-24-26/h5-7,10-12,15H,4,8-9,13H2,1-3H3. The van der Waals surface area contributed by atoms with Crippen molar-refractivity contribution < 1.29 is 9.53 Å². The highest BCUT2D eigenvalue weighted by Crippen LogP contribution is 2.43. The second-order valence-electron chi connectivity index (χ2n) is 7.46. The van der Waals surface area contributed by atoms with Crippen molar-refractivity contribution in [3.05, 3.63) is 69.1 Å². The normalized spacial score (nSPS) is 13.5. The molecular formula is C22H24N4O3. The molecule has 150 valence electrons. The van der Waals surface area contributed by atoms with Crippen LogP contribution >= 0.6 is 0 Å². The van der Waals surface area contributed by atoms with Gasteiger partial charge in [0, 0.05) is 24.6 Å². The van der Waals surface area contributed by atoms with E-state index in [2.05, 4.69) is 16.5 Å². The van der Waals surface area contributed by atoms with E-state index in [9.17, 15) is 9.59 Å². The van der Waals surface area contributed by atoms with E-state index in [-0.39, 0.29) is 11.5 Å². The van der Waals surface area contributed by atoms with E-state index >= 15 is 0 Å². The molecule has 0 radical (unpaired) electrons. The van der Waals surface area contributed by atoms with E-state index in [4.69, 9.17) is 4.74 Å². The number of ether oxygens (including phenoxy) is 1. The third-order valence-electron chi connectivity index (χ3n) is 5.34. The first-order chi connectivity index (χ1) is 14.0. The lowest BCUT2D eigenvalue weighted by Gasteiger charge is -2.16. The molecule has 0 spiro atoms. The van der Waals surface area contributed by atoms with Gasteiger partial charge in [-0.15, -0.1) is 0 Å². The van der Waals surface area contributed by atoms with Gasteiger partial charge in [0.1, 0.15) is 12.4 Å². The fraction of sp³-hybridized carbons (Fsp3) is 0.364. The Bertz CT molecular complexity index is 1130. The lowest BCUT2D eigenvalue weighted by atomic mass is 10.0. The maximum Gasteiger partial charge on any atom is 0.368 e. The van der Waals surface area contributed by atoms with E-state index in [1.54, 1.807) is 13.1 Å². The zero-order valence-corrected chi connectivity index (χ0v) is 16.9. The number of carbonyl (C=O) groups is 1. The number of Topliss-reactive ketones (excluding diaryl/α,β-unsaturated/α-hetero) is 1. The summed E-state index contributed by atoms with van der Waals surface area (Å²) < 4.78 is 8.67. The van der Waals surface area contributed by atoms with Crippen LogP contribution in [0.2, 0.25) is 0 Å². The Kier molecular flexibility index (Phi) is 5.05. The van der Waals surface area contributed by atoms with E-state index < -0.39 is 0 Å². The Hall–Kier alpha value is -3.22. The fourth-order valence-electron chi connectivity index (χ4n) is 3.53. The second kappa shape index (κ2) is 7.66. The molecule has 7 nitrogen and oxygen atoms in total. The van der Waals surface area contributed by atoms with Gasteiger partial charge in [0.15, 0.2) is 5.78 Å². The van der Waals surface area contributed by atoms with Crippen LogP contribution in [0.5, 0.6) is 5.75 Å². The molecule has 1 fully saturated rings. The lowest BCUT2D eigenvalue weighted by Crippen LogP contribution is -2.23. The molecule has 1 heterocycles. The SMILES string of the molecule is CCC(=O)c1ccc(OCc2c(C3CC3)cccc2-n2nnn(C)c2=O)c(C)c1. The van der Waals surface area contributed by atoms with Crippen LogP contribution in [0.4, 0.5) is 0 Å². The van der Waals surface area contributed by atoms with Gasteiger partial charge in [-0.05, 0) is 71.5 Å². The van der Waals surface area contributed by atoms with Crippen molar-refractivity contribution in [1.82, 2.24) is 19.8 Å². The Morgan fingerprint density at radius 3 is 2.62 bits per heavy atom. The number of aryl methyl sites for hydroxylation is 2. The van der Waals surface area contributed by atoms with Crippen molar-refractivity contribution >= 4 is 5.78 Å². The van der Waals surface area contributed by atoms with Gasteiger partial charge in [-0.2, -0.15) is 9.36 Å². The number of hydrogen-bond donors (Lipinski definition) is 0. The first-order valence-electron chi connectivity index (χ1n) is 9.87. The minimum Gasteiger partial charge on any atom is -0.489 e. The van der Waals surface area contributed by atoms with E-state index in [0.717, 1.165) is 29.7 Å². The molecule has 0 atom stereocenters. The molecule has 0 bridgehead atoms. The van der Waals surface area contributed by atoms with Gasteiger partial charge < -0.3 is 4.74 Å². The third-order valence-corrected chi connectivity index (χ3v) is 5.34. The van der Waals surface area contributed by atoms with Crippen LogP contribution in [0.3, 0.4) is 0 Å². The predicted octanol–water partition coefficient (Wildman–Crippen LogP) is 3.32. The van der Waals surface area contributed by atoms with Gasteiger partial charge in [-0.3, -0.25) is 4.79 Å². The summed E-state index contributed by atoms with van der Waals surface area (Å²) in [6.45, 7) is 4.10. The fourth-order valence-corrected chi connectivity index (χ4v) is 3.53. The number of ketones is 1. The molecule has 0 saturated heterocycles. The number of carbonyl (C=O) groups excluding carboxylic acids is 1. The number of tetrazole rings is 1. The summed E-state index contributed by atoms with van der Waals surface area (Å²) >= 11 is 0. The lowest BCUT2D eigenvalue weighted by molar-refractivity contribution is 0.0988. The number of rotatable bonds is 7. The number of hydrogen-bond acceptors (Lipinski definition) is 5. The molecular weight excluding hydrogens is 368 g/mol. The van der Waals surface area contributed by atoms with Crippen molar-refractivity contribution in [2.45, 2.75) is 45.6 Å². The van der Waals surface area contributed by atoms with Gasteiger partial charge >= 0.3 is 5.69 Å². The Morgan fingerprint density at radius 1 is 1.21 bits per heavy atom. The van der Waals surface area contributed by atoms with Crippen LogP contribution in [-0.4, -0.2) is 25.6 Å². The van der Waals surface area contributed by atoms with Gasteiger partial charge in [-0.25, -0.2) is 4.79 Å². The van der Waals surface area contributed by atoms with E-state index in [1.807, 2.05) is 38.1 Å². The number of nitrogens with zero attached hydrogens (tertiary/aromatic N) is 4. The average Bonchev–Trinajstić information content (AvgIpc) is 3.52. The molecule has 4 rings (SSSR count). The van der Waals surface area contributed by atoms with E-state index in [1.165, 1.54) is 14.9 Å². The zero-order valence-electron chi connectivity index (χ0n) is 16.9. The van der Waals surface area contributed by atoms with Gasteiger partial charge in [0.2, 0.25) is 0 Å². The number of benzene rings is 2. The Morgan fingerprint density at radius 2 is 2.00 bits per heavy atom. The summed E-state index contributed by atoms with van der Waals surface area (Å²) in [5.41, 5.74) is 4.15. The van der Waals surface area contributed by atoms with Crippen molar-refractivity contribution in [3.8, 4) is 11.4 Å². The minimum atomic E-state index is -0.294. The highest BCUT2D eigenvalue weighted by Gasteiger charge is 2.28. The molecule has 3 aromatic rings. The average molecular weight is 392 g/mol. The molecule has 1 aliphatic rings. The molecule has 0 N–H and O–H groups in total. The summed E-state index contributed by atoms with van der Waals surface area (Å²) in [7, 11) is 1.58. The topological polar surface area (TPSA) is 79.0 Å². The van der Waals surface area contributed by atoms with Crippen LogP contribution in [0, 0.1) is 6.92 Å². The molecule has 7 heteroatoms. The summed E-state index contributed by atoms with van der Waals surface area (Å²) in [4.78, 5) is 24.3.